The summed E-state index contributed by atoms with van der Waals surface area (Å²) in [5.74, 6) is -0.957. The van der Waals surface area contributed by atoms with Crippen LogP contribution >= 0.6 is 27.3 Å². The number of rotatable bonds is 2. The summed E-state index contributed by atoms with van der Waals surface area (Å²) in [5.41, 5.74) is 2.59. The van der Waals surface area contributed by atoms with Crippen molar-refractivity contribution >= 4 is 38.2 Å². The van der Waals surface area contributed by atoms with Crippen LogP contribution in [0.4, 0.5) is 0 Å². The minimum Gasteiger partial charge on any atom is -0.477 e. The normalized spacial score (nSPS) is 11.1. The van der Waals surface area contributed by atoms with Crippen LogP contribution in [0.15, 0.2) is 34.1 Å². The molecule has 96 valence electrons. The predicted octanol–water partition coefficient (Wildman–Crippen LogP) is 3.83. The third-order valence-electron chi connectivity index (χ3n) is 2.88. The lowest BCUT2D eigenvalue weighted by molar-refractivity contribution is 0.0688. The van der Waals surface area contributed by atoms with E-state index in [2.05, 4.69) is 20.9 Å². The molecule has 0 saturated heterocycles. The average molecular weight is 337 g/mol. The molecule has 3 rings (SSSR count). The summed E-state index contributed by atoms with van der Waals surface area (Å²) in [5, 5.41) is 11.3. The van der Waals surface area contributed by atoms with E-state index in [9.17, 15) is 9.90 Å². The SMILES string of the molecule is Cc1nc2scc(-c3ccc(Br)cc3)n2c1C(=O)O. The molecule has 0 radical (unpaired) electrons. The summed E-state index contributed by atoms with van der Waals surface area (Å²) < 4.78 is 2.69. The molecule has 1 aromatic carbocycles. The minimum absolute atomic E-state index is 0.231. The third kappa shape index (κ3) is 1.97. The summed E-state index contributed by atoms with van der Waals surface area (Å²) in [7, 11) is 0. The lowest BCUT2D eigenvalue weighted by atomic mass is 10.2. The Morgan fingerprint density at radius 3 is 2.68 bits per heavy atom. The van der Waals surface area contributed by atoms with Crippen LogP contribution in [0.25, 0.3) is 16.2 Å². The minimum atomic E-state index is -0.957. The molecule has 0 saturated carbocycles. The van der Waals surface area contributed by atoms with Gasteiger partial charge in [-0.25, -0.2) is 9.78 Å². The van der Waals surface area contributed by atoms with E-state index < -0.39 is 5.97 Å². The van der Waals surface area contributed by atoms with Crippen molar-refractivity contribution in [2.45, 2.75) is 6.92 Å². The third-order valence-corrected chi connectivity index (χ3v) is 4.23. The van der Waals surface area contributed by atoms with Gasteiger partial charge in [0.05, 0.1) is 11.4 Å². The largest absolute Gasteiger partial charge is 0.477 e. The number of imidazole rings is 1. The zero-order valence-corrected chi connectivity index (χ0v) is 12.3. The molecule has 0 spiro atoms. The molecule has 6 heteroatoms. The van der Waals surface area contributed by atoms with Crippen molar-refractivity contribution in [2.75, 3.05) is 0 Å². The van der Waals surface area contributed by atoms with E-state index >= 15 is 0 Å². The van der Waals surface area contributed by atoms with Crippen LogP contribution in [0.3, 0.4) is 0 Å². The highest BCUT2D eigenvalue weighted by atomic mass is 79.9. The van der Waals surface area contributed by atoms with Crippen LogP contribution in [0, 0.1) is 6.92 Å². The second kappa shape index (κ2) is 4.47. The molecule has 2 heterocycles. The Hall–Kier alpha value is -1.66. The number of thiazole rings is 1. The van der Waals surface area contributed by atoms with Crippen molar-refractivity contribution in [3.05, 3.63) is 45.5 Å². The highest BCUT2D eigenvalue weighted by molar-refractivity contribution is 9.10. The lowest BCUT2D eigenvalue weighted by Crippen LogP contribution is -2.04. The zero-order chi connectivity index (χ0) is 13.6. The van der Waals surface area contributed by atoms with Crippen LogP contribution in [0.1, 0.15) is 16.2 Å². The van der Waals surface area contributed by atoms with E-state index in [-0.39, 0.29) is 5.69 Å². The summed E-state index contributed by atoms with van der Waals surface area (Å²) in [6.07, 6.45) is 0. The van der Waals surface area contributed by atoms with Gasteiger partial charge in [-0.2, -0.15) is 0 Å². The van der Waals surface area contributed by atoms with E-state index in [1.807, 2.05) is 29.6 Å². The van der Waals surface area contributed by atoms with Gasteiger partial charge >= 0.3 is 5.97 Å². The predicted molar refractivity (Wildman–Crippen MR) is 77.9 cm³/mol. The smallest absolute Gasteiger partial charge is 0.354 e. The molecule has 0 aliphatic rings. The number of halogens is 1. The first kappa shape index (κ1) is 12.4. The van der Waals surface area contributed by atoms with E-state index in [4.69, 9.17) is 0 Å². The molecule has 0 unspecified atom stereocenters. The van der Waals surface area contributed by atoms with Crippen molar-refractivity contribution in [1.82, 2.24) is 9.38 Å². The van der Waals surface area contributed by atoms with Gasteiger partial charge in [-0.3, -0.25) is 4.40 Å². The Labute approximate surface area is 121 Å². The van der Waals surface area contributed by atoms with Crippen molar-refractivity contribution in [1.29, 1.82) is 0 Å². The first-order chi connectivity index (χ1) is 9.08. The molecule has 0 aliphatic heterocycles. The standard InChI is InChI=1S/C13H9BrN2O2S/c1-7-11(12(17)18)16-10(6-19-13(16)15-7)8-2-4-9(14)5-3-8/h2-6H,1H3,(H,17,18). The van der Waals surface area contributed by atoms with Crippen molar-refractivity contribution in [3.8, 4) is 11.3 Å². The molecular weight excluding hydrogens is 328 g/mol. The monoisotopic (exact) mass is 336 g/mol. The van der Waals surface area contributed by atoms with Crippen molar-refractivity contribution in [3.63, 3.8) is 0 Å². The molecule has 0 bridgehead atoms. The summed E-state index contributed by atoms with van der Waals surface area (Å²) in [6, 6.07) is 7.77. The average Bonchev–Trinajstić information content (AvgIpc) is 2.87. The van der Waals surface area contributed by atoms with Gasteiger partial charge in [0.1, 0.15) is 0 Å². The molecule has 3 aromatic rings. The van der Waals surface area contributed by atoms with E-state index in [0.717, 1.165) is 15.7 Å². The van der Waals surface area contributed by atoms with Gasteiger partial charge in [-0.1, -0.05) is 28.1 Å². The highest BCUT2D eigenvalue weighted by Gasteiger charge is 2.19. The molecular formula is C13H9BrN2O2S. The molecule has 0 amide bonds. The number of carboxylic acids is 1. The Kier molecular flexibility index (Phi) is 2.91. The highest BCUT2D eigenvalue weighted by Crippen LogP contribution is 2.29. The van der Waals surface area contributed by atoms with Gasteiger partial charge in [-0.05, 0) is 24.6 Å². The van der Waals surface area contributed by atoms with E-state index in [0.29, 0.717) is 10.7 Å². The van der Waals surface area contributed by atoms with Crippen LogP contribution in [-0.2, 0) is 0 Å². The van der Waals surface area contributed by atoms with Gasteiger partial charge in [0.2, 0.25) is 0 Å². The molecule has 2 aromatic heterocycles. The Morgan fingerprint density at radius 2 is 2.05 bits per heavy atom. The number of aryl methyl sites for hydroxylation is 1. The number of fused-ring (bicyclic) bond motifs is 1. The topological polar surface area (TPSA) is 54.6 Å². The second-order valence-electron chi connectivity index (χ2n) is 4.10. The Balaban J connectivity index is 2.30. The molecule has 1 N–H and O–H groups in total. The summed E-state index contributed by atoms with van der Waals surface area (Å²) in [6.45, 7) is 1.72. The van der Waals surface area contributed by atoms with Gasteiger partial charge in [0, 0.05) is 9.85 Å². The fourth-order valence-electron chi connectivity index (χ4n) is 2.04. The fourth-order valence-corrected chi connectivity index (χ4v) is 3.24. The van der Waals surface area contributed by atoms with Gasteiger partial charge < -0.3 is 5.11 Å². The Morgan fingerprint density at radius 1 is 1.37 bits per heavy atom. The molecule has 19 heavy (non-hydrogen) atoms. The first-order valence-corrected chi connectivity index (χ1v) is 7.21. The number of hydrogen-bond donors (Lipinski definition) is 1. The molecule has 4 nitrogen and oxygen atoms in total. The number of carboxylic acid groups (broad SMARTS) is 1. The van der Waals surface area contributed by atoms with Gasteiger partial charge in [0.15, 0.2) is 10.7 Å². The summed E-state index contributed by atoms with van der Waals surface area (Å²) >= 11 is 4.83. The lowest BCUT2D eigenvalue weighted by Gasteiger charge is -2.02. The molecule has 0 atom stereocenters. The second-order valence-corrected chi connectivity index (χ2v) is 5.85. The number of benzene rings is 1. The van der Waals surface area contributed by atoms with Crippen LogP contribution < -0.4 is 0 Å². The Bertz CT molecular complexity index is 774. The van der Waals surface area contributed by atoms with Crippen LogP contribution in [0.2, 0.25) is 0 Å². The van der Waals surface area contributed by atoms with Crippen LogP contribution in [0.5, 0.6) is 0 Å². The summed E-state index contributed by atoms with van der Waals surface area (Å²) in [4.78, 5) is 16.4. The quantitative estimate of drug-likeness (QED) is 0.773. The number of aromatic carboxylic acids is 1. The number of carbonyl (C=O) groups is 1. The van der Waals surface area contributed by atoms with Gasteiger partial charge in [-0.15, -0.1) is 11.3 Å². The fraction of sp³-hybridized carbons (Fsp3) is 0.0769. The van der Waals surface area contributed by atoms with E-state index in [1.165, 1.54) is 11.3 Å². The maximum atomic E-state index is 11.4. The maximum absolute atomic E-state index is 11.4. The number of nitrogens with zero attached hydrogens (tertiary/aromatic N) is 2. The van der Waals surface area contributed by atoms with Crippen molar-refractivity contribution in [2.24, 2.45) is 0 Å². The van der Waals surface area contributed by atoms with Gasteiger partial charge in [0.25, 0.3) is 0 Å². The number of aromatic nitrogens is 2. The zero-order valence-electron chi connectivity index (χ0n) is 9.92. The number of hydrogen-bond acceptors (Lipinski definition) is 3. The molecule has 0 fully saturated rings. The maximum Gasteiger partial charge on any atom is 0.354 e. The van der Waals surface area contributed by atoms with Crippen molar-refractivity contribution < 1.29 is 9.90 Å². The first-order valence-electron chi connectivity index (χ1n) is 5.53. The molecule has 0 aliphatic carbocycles. The van der Waals surface area contributed by atoms with Crippen LogP contribution in [-0.4, -0.2) is 20.5 Å². The van der Waals surface area contributed by atoms with E-state index in [1.54, 1.807) is 11.3 Å².